The van der Waals surface area contributed by atoms with Gasteiger partial charge in [-0.2, -0.15) is 5.26 Å². The average molecular weight is 517 g/mol. The van der Waals surface area contributed by atoms with Crippen molar-refractivity contribution in [3.63, 3.8) is 0 Å². The van der Waals surface area contributed by atoms with Gasteiger partial charge in [-0.05, 0) is 19.4 Å². The topological polar surface area (TPSA) is 108 Å². The van der Waals surface area contributed by atoms with Crippen LogP contribution in [-0.4, -0.2) is 34.2 Å². The number of nitriles is 1. The number of aromatic nitrogens is 2. The van der Waals surface area contributed by atoms with E-state index in [2.05, 4.69) is 16.4 Å². The van der Waals surface area contributed by atoms with Crippen LogP contribution in [0.4, 0.5) is 5.00 Å². The second kappa shape index (κ2) is 11.7. The molecule has 1 amide bonds. The highest BCUT2D eigenvalue weighted by Gasteiger charge is 2.22. The normalized spacial score (nSPS) is 10.6. The zero-order chi connectivity index (χ0) is 25.5. The van der Waals surface area contributed by atoms with E-state index in [9.17, 15) is 14.9 Å². The summed E-state index contributed by atoms with van der Waals surface area (Å²) in [6, 6.07) is 22.0. The lowest BCUT2D eigenvalue weighted by Crippen LogP contribution is -2.12. The molecule has 2 aromatic heterocycles. The molecule has 2 heterocycles. The molecule has 0 aliphatic heterocycles. The standard InChI is InChI=1S/C27H24N4O3S2/c1-3-34-26(33)24-17(2)20(16-28)25(36-24)29-21(32)14-15-35-27-30-22(18-10-6-4-7-11-18)23(31-27)19-12-8-5-9-13-19/h4-13H,3,14-15H2,1-2H3,(H,29,32)(H,30,31). The highest BCUT2D eigenvalue weighted by molar-refractivity contribution is 7.99. The molecule has 0 radical (unpaired) electrons. The molecule has 2 N–H and O–H groups in total. The minimum atomic E-state index is -0.492. The molecule has 0 atom stereocenters. The largest absolute Gasteiger partial charge is 0.462 e. The number of thioether (sulfide) groups is 1. The summed E-state index contributed by atoms with van der Waals surface area (Å²) in [5, 5.41) is 13.4. The molecule has 4 aromatic rings. The Bertz CT molecular complexity index is 1350. The number of benzene rings is 2. The Morgan fingerprint density at radius 3 is 2.42 bits per heavy atom. The van der Waals surface area contributed by atoms with E-state index in [1.807, 2.05) is 60.7 Å². The number of hydrogen-bond acceptors (Lipinski definition) is 7. The number of imidazole rings is 1. The molecule has 0 spiro atoms. The summed E-state index contributed by atoms with van der Waals surface area (Å²) in [5.74, 6) is -0.249. The third kappa shape index (κ3) is 5.67. The lowest BCUT2D eigenvalue weighted by molar-refractivity contribution is -0.115. The molecule has 0 fully saturated rings. The SMILES string of the molecule is CCOC(=O)c1sc(NC(=O)CCSc2nc(-c3ccccc3)c(-c3ccccc3)[nH]2)c(C#N)c1C. The van der Waals surface area contributed by atoms with Crippen molar-refractivity contribution in [2.24, 2.45) is 0 Å². The van der Waals surface area contributed by atoms with Crippen LogP contribution in [0.3, 0.4) is 0 Å². The molecule has 0 saturated carbocycles. The van der Waals surface area contributed by atoms with Crippen molar-refractivity contribution >= 4 is 40.0 Å². The van der Waals surface area contributed by atoms with Gasteiger partial charge in [0.2, 0.25) is 5.91 Å². The molecule has 2 aromatic carbocycles. The van der Waals surface area contributed by atoms with Crippen molar-refractivity contribution < 1.29 is 14.3 Å². The van der Waals surface area contributed by atoms with Gasteiger partial charge in [0.05, 0.1) is 23.6 Å². The number of carbonyl (C=O) groups excluding carboxylic acids is 2. The Balaban J connectivity index is 1.45. The van der Waals surface area contributed by atoms with Crippen molar-refractivity contribution in [3.8, 4) is 28.6 Å². The number of esters is 1. The Morgan fingerprint density at radius 1 is 1.11 bits per heavy atom. The van der Waals surface area contributed by atoms with Gasteiger partial charge in [-0.3, -0.25) is 4.79 Å². The van der Waals surface area contributed by atoms with Crippen LogP contribution in [0, 0.1) is 18.3 Å². The number of H-pyrrole nitrogens is 1. The predicted octanol–water partition coefficient (Wildman–Crippen LogP) is 6.28. The van der Waals surface area contributed by atoms with Crippen molar-refractivity contribution in [1.29, 1.82) is 5.26 Å². The van der Waals surface area contributed by atoms with E-state index in [1.54, 1.807) is 13.8 Å². The Labute approximate surface area is 217 Å². The van der Waals surface area contributed by atoms with Gasteiger partial charge in [0.1, 0.15) is 15.9 Å². The number of rotatable bonds is 9. The highest BCUT2D eigenvalue weighted by atomic mass is 32.2. The summed E-state index contributed by atoms with van der Waals surface area (Å²) < 4.78 is 5.05. The molecule has 0 aliphatic carbocycles. The number of nitrogens with zero attached hydrogens (tertiary/aromatic N) is 2. The number of nitrogens with one attached hydrogen (secondary N) is 2. The zero-order valence-corrected chi connectivity index (χ0v) is 21.5. The minimum Gasteiger partial charge on any atom is -0.462 e. The van der Waals surface area contributed by atoms with Gasteiger partial charge in [-0.15, -0.1) is 11.3 Å². The summed E-state index contributed by atoms with van der Waals surface area (Å²) >= 11 is 2.51. The van der Waals surface area contributed by atoms with Crippen molar-refractivity contribution in [2.45, 2.75) is 25.4 Å². The molecule has 9 heteroatoms. The number of carbonyl (C=O) groups is 2. The van der Waals surface area contributed by atoms with E-state index in [0.717, 1.165) is 39.0 Å². The third-order valence-corrected chi connectivity index (χ3v) is 7.39. The number of anilines is 1. The first kappa shape index (κ1) is 25.2. The van der Waals surface area contributed by atoms with E-state index in [0.29, 0.717) is 21.2 Å². The monoisotopic (exact) mass is 516 g/mol. The smallest absolute Gasteiger partial charge is 0.348 e. The van der Waals surface area contributed by atoms with Crippen LogP contribution in [0.2, 0.25) is 0 Å². The zero-order valence-electron chi connectivity index (χ0n) is 19.8. The summed E-state index contributed by atoms with van der Waals surface area (Å²) in [6.45, 7) is 3.64. The van der Waals surface area contributed by atoms with Crippen LogP contribution in [0.25, 0.3) is 22.5 Å². The number of ether oxygens (including phenoxy) is 1. The van der Waals surface area contributed by atoms with Gasteiger partial charge in [0.15, 0.2) is 5.16 Å². The molecule has 7 nitrogen and oxygen atoms in total. The van der Waals surface area contributed by atoms with Gasteiger partial charge >= 0.3 is 5.97 Å². The van der Waals surface area contributed by atoms with Crippen LogP contribution >= 0.6 is 23.1 Å². The Morgan fingerprint density at radius 2 is 1.78 bits per heavy atom. The fourth-order valence-electron chi connectivity index (χ4n) is 3.60. The van der Waals surface area contributed by atoms with E-state index in [-0.39, 0.29) is 24.5 Å². The predicted molar refractivity (Wildman–Crippen MR) is 143 cm³/mol. The van der Waals surface area contributed by atoms with E-state index < -0.39 is 5.97 Å². The van der Waals surface area contributed by atoms with Crippen molar-refractivity contribution in [2.75, 3.05) is 17.7 Å². The summed E-state index contributed by atoms with van der Waals surface area (Å²) in [5.41, 5.74) is 4.62. The first-order valence-electron chi connectivity index (χ1n) is 11.4. The first-order valence-corrected chi connectivity index (χ1v) is 13.2. The van der Waals surface area contributed by atoms with Crippen LogP contribution in [0.1, 0.15) is 34.1 Å². The fraction of sp³-hybridized carbons (Fsp3) is 0.185. The molecule has 0 bridgehead atoms. The molecule has 0 aliphatic rings. The average Bonchev–Trinajstić information content (AvgIpc) is 3.46. The lowest BCUT2D eigenvalue weighted by Gasteiger charge is -2.03. The van der Waals surface area contributed by atoms with Crippen LogP contribution in [0.15, 0.2) is 65.8 Å². The quantitative estimate of drug-likeness (QED) is 0.200. The first-order chi connectivity index (χ1) is 17.5. The van der Waals surface area contributed by atoms with Crippen LogP contribution in [-0.2, 0) is 9.53 Å². The van der Waals surface area contributed by atoms with Gasteiger partial charge in [-0.1, -0.05) is 72.4 Å². The van der Waals surface area contributed by atoms with E-state index in [1.165, 1.54) is 11.8 Å². The number of aromatic amines is 1. The molecular weight excluding hydrogens is 492 g/mol. The van der Waals surface area contributed by atoms with Gasteiger partial charge < -0.3 is 15.0 Å². The van der Waals surface area contributed by atoms with Crippen molar-refractivity contribution in [3.05, 3.63) is 76.7 Å². The second-order valence-corrected chi connectivity index (χ2v) is 9.84. The summed E-state index contributed by atoms with van der Waals surface area (Å²) in [6.07, 6.45) is 0.212. The maximum Gasteiger partial charge on any atom is 0.348 e. The molecule has 182 valence electrons. The highest BCUT2D eigenvalue weighted by Crippen LogP contribution is 2.34. The number of thiophene rings is 1. The molecule has 4 rings (SSSR count). The van der Waals surface area contributed by atoms with E-state index in [4.69, 9.17) is 9.72 Å². The van der Waals surface area contributed by atoms with Gasteiger partial charge in [-0.25, -0.2) is 9.78 Å². The number of hydrogen-bond donors (Lipinski definition) is 2. The van der Waals surface area contributed by atoms with E-state index >= 15 is 0 Å². The summed E-state index contributed by atoms with van der Waals surface area (Å²) in [4.78, 5) is 33.3. The molecule has 0 unspecified atom stereocenters. The minimum absolute atomic E-state index is 0.212. The number of amides is 1. The van der Waals surface area contributed by atoms with Crippen LogP contribution in [0.5, 0.6) is 0 Å². The summed E-state index contributed by atoms with van der Waals surface area (Å²) in [7, 11) is 0. The lowest BCUT2D eigenvalue weighted by atomic mass is 10.1. The van der Waals surface area contributed by atoms with Gasteiger partial charge in [0.25, 0.3) is 0 Å². The van der Waals surface area contributed by atoms with Crippen LogP contribution < -0.4 is 5.32 Å². The maximum absolute atomic E-state index is 12.6. The molecule has 36 heavy (non-hydrogen) atoms. The second-order valence-electron chi connectivity index (χ2n) is 7.74. The van der Waals surface area contributed by atoms with Gasteiger partial charge in [0, 0.05) is 23.3 Å². The Hall–Kier alpha value is -3.87. The fourth-order valence-corrected chi connectivity index (χ4v) is 5.47. The van der Waals surface area contributed by atoms with Crippen molar-refractivity contribution in [1.82, 2.24) is 9.97 Å². The molecule has 0 saturated heterocycles. The molecular formula is C27H24N4O3S2. The third-order valence-electron chi connectivity index (χ3n) is 5.33. The Kier molecular flexibility index (Phi) is 8.21. The maximum atomic E-state index is 12.6.